The summed E-state index contributed by atoms with van der Waals surface area (Å²) in [6.45, 7) is 6.58. The molecule has 252 valence electrons. The fourth-order valence-electron chi connectivity index (χ4n) is 5.92. The number of nitrogens with zero attached hydrogens (tertiary/aromatic N) is 4. The summed E-state index contributed by atoms with van der Waals surface area (Å²) < 4.78 is 29.3. The van der Waals surface area contributed by atoms with E-state index in [2.05, 4.69) is 4.90 Å². The molecule has 2 atom stereocenters. The molecule has 2 aliphatic heterocycles. The Bertz CT molecular complexity index is 1710. The van der Waals surface area contributed by atoms with Gasteiger partial charge in [-0.05, 0) is 74.3 Å². The first-order chi connectivity index (χ1) is 21.9. The number of halogens is 3. The summed E-state index contributed by atoms with van der Waals surface area (Å²) in [5, 5.41) is 1.17. The predicted octanol–water partition coefficient (Wildman–Crippen LogP) is 6.73. The van der Waals surface area contributed by atoms with Gasteiger partial charge in [-0.15, -0.1) is 12.4 Å². The minimum absolute atomic E-state index is 0. The third kappa shape index (κ3) is 8.86. The fourth-order valence-corrected chi connectivity index (χ4v) is 6.83. The Kier molecular flexibility index (Phi) is 12.4. The van der Waals surface area contributed by atoms with Gasteiger partial charge in [0.15, 0.2) is 5.78 Å². The minimum Gasteiger partial charge on any atom is -0.493 e. The van der Waals surface area contributed by atoms with Crippen LogP contribution in [0.25, 0.3) is 0 Å². The molecule has 0 aromatic heterocycles. The zero-order valence-electron chi connectivity index (χ0n) is 26.6. The highest BCUT2D eigenvalue weighted by Crippen LogP contribution is 2.45. The molecule has 0 radical (unpaired) electrons. The Labute approximate surface area is 292 Å². The van der Waals surface area contributed by atoms with Gasteiger partial charge in [0.05, 0.1) is 24.0 Å². The Morgan fingerprint density at radius 2 is 1.51 bits per heavy atom. The molecule has 5 rings (SSSR count). The number of urea groups is 1. The van der Waals surface area contributed by atoms with Gasteiger partial charge >= 0.3 is 6.03 Å². The van der Waals surface area contributed by atoms with Crippen molar-refractivity contribution in [3.8, 4) is 5.75 Å². The molecule has 2 aliphatic rings. The zero-order valence-corrected chi connectivity index (χ0v) is 29.7. The van der Waals surface area contributed by atoms with E-state index in [4.69, 9.17) is 32.9 Å². The molecule has 0 saturated carbocycles. The number of sulfone groups is 1. The van der Waals surface area contributed by atoms with Crippen molar-refractivity contribution in [2.45, 2.75) is 32.4 Å². The van der Waals surface area contributed by atoms with Crippen LogP contribution < -0.4 is 4.74 Å². The molecule has 3 aromatic rings. The van der Waals surface area contributed by atoms with Crippen molar-refractivity contribution in [3.05, 3.63) is 99.0 Å². The maximum absolute atomic E-state index is 14.7. The average Bonchev–Trinajstić information content (AvgIpc) is 3.41. The highest BCUT2D eigenvalue weighted by atomic mass is 35.5. The van der Waals surface area contributed by atoms with Crippen molar-refractivity contribution in [1.29, 1.82) is 0 Å². The lowest BCUT2D eigenvalue weighted by Crippen LogP contribution is -2.54. The fraction of sp³-hybridized carbons (Fsp3) is 0.382. The number of piperazine rings is 1. The molecule has 1 fully saturated rings. The zero-order chi connectivity index (χ0) is 33.0. The smallest absolute Gasteiger partial charge is 0.326 e. The summed E-state index contributed by atoms with van der Waals surface area (Å²) in [5.41, 5.74) is 2.84. The number of Topliss-reactive ketones (excluding diaryl/α,β-unsaturated/α-hetero) is 1. The van der Waals surface area contributed by atoms with E-state index in [9.17, 15) is 18.0 Å². The van der Waals surface area contributed by atoms with E-state index in [0.29, 0.717) is 78.5 Å². The SMILES string of the molecule is CCOc1cc(C(C)=O)ccc1C1=N[C@@H](c2ccc(Cl)cc2)[C@@H](c2ccc(Cl)cc2)N1C(=O)N1CCN(CCCS(C)(=O)=O)CC1.Cl. The molecule has 2 heterocycles. The van der Waals surface area contributed by atoms with Gasteiger partial charge in [-0.25, -0.2) is 13.2 Å². The number of carbonyl (C=O) groups excluding carboxylic acids is 2. The molecule has 0 N–H and O–H groups in total. The molecule has 0 unspecified atom stereocenters. The van der Waals surface area contributed by atoms with E-state index in [-0.39, 0.29) is 30.0 Å². The Balaban J connectivity index is 0.00000500. The molecule has 0 spiro atoms. The standard InChI is InChI=1S/C34H38Cl2N4O5S.ClH/c1-4-45-30-22-26(23(2)41)10-15-29(30)33-37-31(24-6-11-27(35)12-7-24)32(25-8-13-28(36)14-9-25)40(33)34(42)39-19-17-38(18-20-39)16-5-21-46(3,43)44;/h6-15,22,31-32H,4-5,16-21H2,1-3H3;1H/t31-,32+;/m0./s1. The first kappa shape index (κ1) is 36.7. The number of ketones is 1. The molecular weight excluding hydrogens is 683 g/mol. The monoisotopic (exact) mass is 720 g/mol. The predicted molar refractivity (Wildman–Crippen MR) is 189 cm³/mol. The van der Waals surface area contributed by atoms with Gasteiger partial charge in [0.1, 0.15) is 27.5 Å². The Hall–Kier alpha value is -3.15. The molecule has 0 aliphatic carbocycles. The largest absolute Gasteiger partial charge is 0.493 e. The van der Waals surface area contributed by atoms with Crippen LogP contribution >= 0.6 is 35.6 Å². The molecule has 2 amide bonds. The quantitative estimate of drug-likeness (QED) is 0.215. The van der Waals surface area contributed by atoms with Crippen molar-refractivity contribution in [2.24, 2.45) is 4.99 Å². The van der Waals surface area contributed by atoms with E-state index < -0.39 is 21.9 Å². The van der Waals surface area contributed by atoms with Crippen LogP contribution in [0.3, 0.4) is 0 Å². The second kappa shape index (κ2) is 15.8. The summed E-state index contributed by atoms with van der Waals surface area (Å²) in [7, 11) is -3.03. The minimum atomic E-state index is -3.03. The van der Waals surface area contributed by atoms with Crippen LogP contribution in [0.2, 0.25) is 10.0 Å². The van der Waals surface area contributed by atoms with Crippen LogP contribution in [-0.2, 0) is 9.84 Å². The van der Waals surface area contributed by atoms with Crippen LogP contribution in [-0.4, -0.2) is 92.1 Å². The molecule has 13 heteroatoms. The summed E-state index contributed by atoms with van der Waals surface area (Å²) >= 11 is 12.5. The second-order valence-electron chi connectivity index (χ2n) is 11.6. The number of aliphatic imine (C=N–C) groups is 1. The van der Waals surface area contributed by atoms with Crippen molar-refractivity contribution in [2.75, 3.05) is 51.3 Å². The van der Waals surface area contributed by atoms with E-state index in [0.717, 1.165) is 11.1 Å². The van der Waals surface area contributed by atoms with Gasteiger partial charge in [-0.1, -0.05) is 53.5 Å². The summed E-state index contributed by atoms with van der Waals surface area (Å²) in [6, 6.07) is 18.9. The van der Waals surface area contributed by atoms with Gasteiger partial charge < -0.3 is 9.64 Å². The van der Waals surface area contributed by atoms with Crippen molar-refractivity contribution in [3.63, 3.8) is 0 Å². The van der Waals surface area contributed by atoms with Crippen LogP contribution in [0.1, 0.15) is 59.4 Å². The van der Waals surface area contributed by atoms with Crippen LogP contribution in [0.4, 0.5) is 4.79 Å². The van der Waals surface area contributed by atoms with Crippen molar-refractivity contribution >= 4 is 63.1 Å². The topological polar surface area (TPSA) is 99.6 Å². The molecule has 0 bridgehead atoms. The second-order valence-corrected chi connectivity index (χ2v) is 14.7. The number of rotatable bonds is 10. The summed E-state index contributed by atoms with van der Waals surface area (Å²) in [5.74, 6) is 0.952. The van der Waals surface area contributed by atoms with Crippen molar-refractivity contribution in [1.82, 2.24) is 14.7 Å². The number of amidine groups is 1. The number of amides is 2. The lowest BCUT2D eigenvalue weighted by Gasteiger charge is -2.39. The van der Waals surface area contributed by atoms with Gasteiger partial charge in [0, 0.05) is 48.0 Å². The first-order valence-electron chi connectivity index (χ1n) is 15.3. The number of benzene rings is 3. The first-order valence-corrected chi connectivity index (χ1v) is 18.1. The number of ether oxygens (including phenoxy) is 1. The maximum Gasteiger partial charge on any atom is 0.326 e. The van der Waals surface area contributed by atoms with Gasteiger partial charge in [0.2, 0.25) is 0 Å². The maximum atomic E-state index is 14.7. The third-order valence-corrected chi connectivity index (χ3v) is 9.79. The highest BCUT2D eigenvalue weighted by molar-refractivity contribution is 7.90. The van der Waals surface area contributed by atoms with Crippen LogP contribution in [0.15, 0.2) is 71.7 Å². The lowest BCUT2D eigenvalue weighted by molar-refractivity contribution is 0.101. The number of hydrogen-bond acceptors (Lipinski definition) is 7. The summed E-state index contributed by atoms with van der Waals surface area (Å²) in [4.78, 5) is 37.9. The van der Waals surface area contributed by atoms with E-state index in [1.165, 1.54) is 13.2 Å². The van der Waals surface area contributed by atoms with E-state index in [1.807, 2.05) is 48.2 Å². The third-order valence-electron chi connectivity index (χ3n) is 8.26. The Morgan fingerprint density at radius 1 is 0.915 bits per heavy atom. The molecule has 47 heavy (non-hydrogen) atoms. The Morgan fingerprint density at radius 3 is 2.06 bits per heavy atom. The van der Waals surface area contributed by atoms with Crippen molar-refractivity contribution < 1.29 is 22.7 Å². The molecule has 1 saturated heterocycles. The molecular formula is C34H39Cl3N4O5S. The van der Waals surface area contributed by atoms with E-state index in [1.54, 1.807) is 35.2 Å². The lowest BCUT2D eigenvalue weighted by atomic mass is 9.93. The molecule has 3 aromatic carbocycles. The van der Waals surface area contributed by atoms with E-state index >= 15 is 0 Å². The summed E-state index contributed by atoms with van der Waals surface area (Å²) in [6.07, 6.45) is 1.80. The van der Waals surface area contributed by atoms with Crippen LogP contribution in [0.5, 0.6) is 5.75 Å². The average molecular weight is 722 g/mol. The highest BCUT2D eigenvalue weighted by Gasteiger charge is 2.45. The number of hydrogen-bond donors (Lipinski definition) is 0. The van der Waals surface area contributed by atoms with Crippen LogP contribution in [0, 0.1) is 0 Å². The van der Waals surface area contributed by atoms with Gasteiger partial charge in [0.25, 0.3) is 0 Å². The van der Waals surface area contributed by atoms with Gasteiger partial charge in [-0.3, -0.25) is 19.6 Å². The normalized spacial score (nSPS) is 18.4. The molecule has 9 nitrogen and oxygen atoms in total. The van der Waals surface area contributed by atoms with Gasteiger partial charge in [-0.2, -0.15) is 0 Å². The number of carbonyl (C=O) groups is 2.